The number of nitrogens with two attached hydrogens (primary N) is 1. The largest absolute Gasteiger partial charge is 0.327 e. The molecule has 5 heteroatoms. The summed E-state index contributed by atoms with van der Waals surface area (Å²) in [6, 6.07) is 0.307. The topological polar surface area (TPSA) is 47.1 Å². The Morgan fingerprint density at radius 3 is 2.88 bits per heavy atom. The van der Waals surface area contributed by atoms with Crippen molar-refractivity contribution in [3.8, 4) is 0 Å². The lowest BCUT2D eigenvalue weighted by Gasteiger charge is -2.30. The number of piperidine rings is 1. The van der Waals surface area contributed by atoms with Gasteiger partial charge in [0.15, 0.2) is 0 Å². The zero-order valence-corrected chi connectivity index (χ0v) is 10.7. The van der Waals surface area contributed by atoms with E-state index in [0.717, 1.165) is 42.5 Å². The summed E-state index contributed by atoms with van der Waals surface area (Å²) < 4.78 is 1.87. The highest BCUT2D eigenvalue weighted by Crippen LogP contribution is 2.22. The van der Waals surface area contributed by atoms with Crippen LogP contribution in [0.5, 0.6) is 0 Å². The third-order valence-electron chi connectivity index (χ3n) is 3.18. The normalized spacial score (nSPS) is 22.6. The number of halogens is 1. The average molecular weight is 243 g/mol. The second kappa shape index (κ2) is 4.73. The number of aryl methyl sites for hydroxylation is 2. The fourth-order valence-electron chi connectivity index (χ4n) is 2.30. The Bertz CT molecular complexity index is 374. The molecule has 4 nitrogen and oxygen atoms in total. The predicted molar refractivity (Wildman–Crippen MR) is 65.4 cm³/mol. The van der Waals surface area contributed by atoms with Crippen molar-refractivity contribution in [2.75, 3.05) is 13.1 Å². The molecular weight excluding hydrogens is 224 g/mol. The third-order valence-corrected chi connectivity index (χ3v) is 3.67. The maximum absolute atomic E-state index is 6.23. The van der Waals surface area contributed by atoms with Gasteiger partial charge in [-0.2, -0.15) is 5.10 Å². The first-order valence-corrected chi connectivity index (χ1v) is 6.11. The number of nitrogens with zero attached hydrogens (tertiary/aromatic N) is 3. The molecule has 0 aliphatic carbocycles. The molecule has 2 rings (SSSR count). The molecule has 2 heterocycles. The van der Waals surface area contributed by atoms with Crippen molar-refractivity contribution in [2.24, 2.45) is 12.8 Å². The van der Waals surface area contributed by atoms with Gasteiger partial charge in [0.25, 0.3) is 0 Å². The van der Waals surface area contributed by atoms with Gasteiger partial charge in [0.1, 0.15) is 0 Å². The van der Waals surface area contributed by atoms with Gasteiger partial charge >= 0.3 is 0 Å². The molecule has 1 aromatic rings. The minimum Gasteiger partial charge on any atom is -0.327 e. The SMILES string of the molecule is Cc1nn(C)c(CN2CCC[C@@H](N)C2)c1Cl. The molecule has 0 radical (unpaired) electrons. The molecule has 16 heavy (non-hydrogen) atoms. The molecule has 0 saturated carbocycles. The van der Waals surface area contributed by atoms with E-state index < -0.39 is 0 Å². The highest BCUT2D eigenvalue weighted by atomic mass is 35.5. The van der Waals surface area contributed by atoms with Crippen LogP contribution in [0, 0.1) is 6.92 Å². The van der Waals surface area contributed by atoms with Crippen LogP contribution in [0.3, 0.4) is 0 Å². The Labute approximate surface area is 101 Å². The minimum absolute atomic E-state index is 0.307. The van der Waals surface area contributed by atoms with Crippen molar-refractivity contribution in [3.05, 3.63) is 16.4 Å². The van der Waals surface area contributed by atoms with Crippen molar-refractivity contribution < 1.29 is 0 Å². The van der Waals surface area contributed by atoms with Crippen LogP contribution in [-0.2, 0) is 13.6 Å². The van der Waals surface area contributed by atoms with E-state index in [0.29, 0.717) is 6.04 Å². The van der Waals surface area contributed by atoms with E-state index in [4.69, 9.17) is 17.3 Å². The average Bonchev–Trinajstić information content (AvgIpc) is 2.45. The van der Waals surface area contributed by atoms with E-state index in [9.17, 15) is 0 Å². The van der Waals surface area contributed by atoms with Gasteiger partial charge in [-0.05, 0) is 26.3 Å². The summed E-state index contributed by atoms with van der Waals surface area (Å²) in [5.74, 6) is 0. The molecule has 1 aliphatic heterocycles. The van der Waals surface area contributed by atoms with E-state index >= 15 is 0 Å². The van der Waals surface area contributed by atoms with Gasteiger partial charge in [-0.15, -0.1) is 0 Å². The summed E-state index contributed by atoms with van der Waals surface area (Å²) in [5.41, 5.74) is 7.96. The highest BCUT2D eigenvalue weighted by Gasteiger charge is 2.20. The van der Waals surface area contributed by atoms with Crippen LogP contribution in [0.1, 0.15) is 24.2 Å². The smallest absolute Gasteiger partial charge is 0.0860 e. The van der Waals surface area contributed by atoms with Crippen LogP contribution in [0.15, 0.2) is 0 Å². The number of hydrogen-bond acceptors (Lipinski definition) is 3. The summed E-state index contributed by atoms with van der Waals surface area (Å²) >= 11 is 6.23. The molecule has 1 fully saturated rings. The Morgan fingerprint density at radius 2 is 2.31 bits per heavy atom. The van der Waals surface area contributed by atoms with E-state index in [-0.39, 0.29) is 0 Å². The summed E-state index contributed by atoms with van der Waals surface area (Å²) in [5, 5.41) is 5.12. The zero-order chi connectivity index (χ0) is 11.7. The van der Waals surface area contributed by atoms with Crippen molar-refractivity contribution in [1.82, 2.24) is 14.7 Å². The van der Waals surface area contributed by atoms with Crippen molar-refractivity contribution >= 4 is 11.6 Å². The molecule has 0 spiro atoms. The second-order valence-electron chi connectivity index (χ2n) is 4.61. The molecule has 1 aliphatic rings. The molecule has 1 aromatic heterocycles. The predicted octanol–water partition coefficient (Wildman–Crippen LogP) is 1.31. The van der Waals surface area contributed by atoms with Gasteiger partial charge in [-0.3, -0.25) is 9.58 Å². The van der Waals surface area contributed by atoms with Gasteiger partial charge in [0, 0.05) is 26.2 Å². The van der Waals surface area contributed by atoms with Crippen LogP contribution in [0.2, 0.25) is 5.02 Å². The Balaban J connectivity index is 2.08. The molecule has 1 saturated heterocycles. The summed E-state index contributed by atoms with van der Waals surface area (Å²) in [6.45, 7) is 4.85. The first kappa shape index (κ1) is 11.9. The van der Waals surface area contributed by atoms with Gasteiger partial charge in [-0.1, -0.05) is 11.6 Å². The summed E-state index contributed by atoms with van der Waals surface area (Å²) in [7, 11) is 1.94. The monoisotopic (exact) mass is 242 g/mol. The molecule has 90 valence electrons. The van der Waals surface area contributed by atoms with Gasteiger partial charge in [0.2, 0.25) is 0 Å². The van der Waals surface area contributed by atoms with E-state index in [1.54, 1.807) is 0 Å². The fourth-order valence-corrected chi connectivity index (χ4v) is 2.52. The Kier molecular flexibility index (Phi) is 3.52. The van der Waals surface area contributed by atoms with Gasteiger partial charge in [0.05, 0.1) is 16.4 Å². The maximum Gasteiger partial charge on any atom is 0.0860 e. The van der Waals surface area contributed by atoms with Crippen LogP contribution >= 0.6 is 11.6 Å². The molecule has 0 unspecified atom stereocenters. The lowest BCUT2D eigenvalue weighted by Crippen LogP contribution is -2.42. The van der Waals surface area contributed by atoms with E-state index in [1.807, 2.05) is 18.7 Å². The molecular formula is C11H19ClN4. The lowest BCUT2D eigenvalue weighted by atomic mass is 10.1. The molecule has 2 N–H and O–H groups in total. The maximum atomic E-state index is 6.23. The van der Waals surface area contributed by atoms with E-state index in [1.165, 1.54) is 6.42 Å². The number of likely N-dealkylation sites (tertiary alicyclic amines) is 1. The standard InChI is InChI=1S/C11H19ClN4/c1-8-11(12)10(15(2)14-8)7-16-5-3-4-9(13)6-16/h9H,3-7,13H2,1-2H3/t9-/m1/s1. The van der Waals surface area contributed by atoms with Crippen LogP contribution in [-0.4, -0.2) is 33.8 Å². The van der Waals surface area contributed by atoms with Crippen LogP contribution in [0.25, 0.3) is 0 Å². The Hall–Kier alpha value is -0.580. The molecule has 1 atom stereocenters. The minimum atomic E-state index is 0.307. The van der Waals surface area contributed by atoms with Crippen molar-refractivity contribution in [1.29, 1.82) is 0 Å². The zero-order valence-electron chi connectivity index (χ0n) is 9.91. The Morgan fingerprint density at radius 1 is 1.56 bits per heavy atom. The van der Waals surface area contributed by atoms with Crippen molar-refractivity contribution in [3.63, 3.8) is 0 Å². The summed E-state index contributed by atoms with van der Waals surface area (Å²) in [4.78, 5) is 2.36. The number of aromatic nitrogens is 2. The first-order chi connectivity index (χ1) is 7.58. The van der Waals surface area contributed by atoms with Crippen LogP contribution in [0.4, 0.5) is 0 Å². The third kappa shape index (κ3) is 2.39. The quantitative estimate of drug-likeness (QED) is 0.851. The van der Waals surface area contributed by atoms with Crippen molar-refractivity contribution in [2.45, 2.75) is 32.4 Å². The summed E-state index contributed by atoms with van der Waals surface area (Å²) in [6.07, 6.45) is 2.31. The number of rotatable bonds is 2. The molecule has 0 amide bonds. The first-order valence-electron chi connectivity index (χ1n) is 5.74. The van der Waals surface area contributed by atoms with Crippen LogP contribution < -0.4 is 5.73 Å². The lowest BCUT2D eigenvalue weighted by molar-refractivity contribution is 0.197. The highest BCUT2D eigenvalue weighted by molar-refractivity contribution is 6.31. The number of hydrogen-bond donors (Lipinski definition) is 1. The molecule has 0 bridgehead atoms. The van der Waals surface area contributed by atoms with Gasteiger partial charge < -0.3 is 5.73 Å². The van der Waals surface area contributed by atoms with Gasteiger partial charge in [-0.25, -0.2) is 0 Å². The fraction of sp³-hybridized carbons (Fsp3) is 0.727. The van der Waals surface area contributed by atoms with E-state index in [2.05, 4.69) is 10.00 Å². The second-order valence-corrected chi connectivity index (χ2v) is 4.99. The molecule has 0 aromatic carbocycles.